The van der Waals surface area contributed by atoms with Crippen LogP contribution in [0.15, 0.2) is 23.1 Å². The minimum absolute atomic E-state index is 0.00851. The first kappa shape index (κ1) is 20.6. The highest BCUT2D eigenvalue weighted by Gasteiger charge is 2.34. The number of benzene rings is 1. The van der Waals surface area contributed by atoms with Crippen LogP contribution in [0.3, 0.4) is 0 Å². The van der Waals surface area contributed by atoms with Crippen molar-refractivity contribution in [1.82, 2.24) is 20.1 Å². The Balaban J connectivity index is 1.21. The number of carbonyl (C=O) groups excluding carboxylic acids is 1. The summed E-state index contributed by atoms with van der Waals surface area (Å²) >= 11 is 0. The minimum atomic E-state index is -3.75. The number of hydrogen-bond acceptors (Lipinski definition) is 6. The number of nitrogens with zero attached hydrogens (tertiary/aromatic N) is 4. The lowest BCUT2D eigenvalue weighted by atomic mass is 9.96. The van der Waals surface area contributed by atoms with Crippen molar-refractivity contribution < 1.29 is 13.2 Å². The Hall–Kier alpha value is -2.30. The molecule has 1 atom stereocenters. The number of rotatable bonds is 5. The van der Waals surface area contributed by atoms with Crippen molar-refractivity contribution in [1.29, 1.82) is 0 Å². The number of amides is 1. The van der Waals surface area contributed by atoms with E-state index in [9.17, 15) is 13.2 Å². The minimum Gasteiger partial charge on any atom is -0.308 e. The summed E-state index contributed by atoms with van der Waals surface area (Å²) in [6.07, 6.45) is 4.92. The van der Waals surface area contributed by atoms with Gasteiger partial charge in [-0.3, -0.25) is 14.8 Å². The Bertz CT molecular complexity index is 1100. The van der Waals surface area contributed by atoms with Crippen LogP contribution in [0.5, 0.6) is 0 Å². The molecule has 1 saturated heterocycles. The first-order chi connectivity index (χ1) is 14.8. The summed E-state index contributed by atoms with van der Waals surface area (Å²) in [5.41, 5.74) is 1.64. The molecule has 31 heavy (non-hydrogen) atoms. The summed E-state index contributed by atoms with van der Waals surface area (Å²) in [7, 11) is -3.75. The molecule has 0 unspecified atom stereocenters. The van der Waals surface area contributed by atoms with Crippen LogP contribution in [0.25, 0.3) is 0 Å². The molecule has 1 saturated carbocycles. The second-order valence-electron chi connectivity index (χ2n) is 9.06. The summed E-state index contributed by atoms with van der Waals surface area (Å²) in [6, 6.07) is 4.76. The molecule has 2 aliphatic heterocycles. The fraction of sp³-hybridized carbons (Fsp3) is 0.571. The van der Waals surface area contributed by atoms with Crippen molar-refractivity contribution >= 4 is 21.6 Å². The second-order valence-corrected chi connectivity index (χ2v) is 10.6. The maximum atomic E-state index is 13.1. The van der Waals surface area contributed by atoms with E-state index in [2.05, 4.69) is 15.1 Å². The first-order valence-electron chi connectivity index (χ1n) is 10.9. The number of aromatic amines is 1. The topological polar surface area (TPSA) is 125 Å². The molecular weight excluding hydrogens is 416 g/mol. The van der Waals surface area contributed by atoms with E-state index in [1.165, 1.54) is 18.9 Å². The highest BCUT2D eigenvalue weighted by Crippen LogP contribution is 2.39. The molecule has 2 fully saturated rings. The highest BCUT2D eigenvalue weighted by atomic mass is 32.2. The van der Waals surface area contributed by atoms with Gasteiger partial charge in [-0.05, 0) is 75.9 Å². The van der Waals surface area contributed by atoms with E-state index in [-0.39, 0.29) is 16.8 Å². The molecule has 0 radical (unpaired) electrons. The molecular formula is C21H28N6O3S. The number of nitrogens with two attached hydrogens (primary N) is 1. The number of aromatic nitrogens is 3. The quantitative estimate of drug-likeness (QED) is 0.720. The van der Waals surface area contributed by atoms with E-state index in [0.717, 1.165) is 48.8 Å². The van der Waals surface area contributed by atoms with Crippen molar-refractivity contribution in [3.05, 3.63) is 35.4 Å². The standard InChI is InChI=1S/C21H28N6O3S/c1-13-10-16-11-17(31(22,29)30)4-5-18(16)27(13)19(28)12-26-8-6-15(7-9-26)21-23-20(24-25-21)14-2-3-14/h4-5,11,13-15H,2-3,6-10,12H2,1H3,(H2,22,29,30)(H,23,24,25)/t13-/m0/s1. The van der Waals surface area contributed by atoms with Gasteiger partial charge >= 0.3 is 0 Å². The maximum absolute atomic E-state index is 13.1. The lowest BCUT2D eigenvalue weighted by Gasteiger charge is -2.32. The number of H-pyrrole nitrogens is 1. The molecule has 1 aromatic carbocycles. The molecule has 166 valence electrons. The zero-order valence-electron chi connectivity index (χ0n) is 17.6. The fourth-order valence-corrected chi connectivity index (χ4v) is 5.36. The van der Waals surface area contributed by atoms with Gasteiger partial charge < -0.3 is 4.90 Å². The van der Waals surface area contributed by atoms with Crippen LogP contribution in [0, 0.1) is 0 Å². The number of nitrogens with one attached hydrogen (secondary N) is 1. The van der Waals surface area contributed by atoms with Crippen LogP contribution in [0.1, 0.15) is 61.7 Å². The van der Waals surface area contributed by atoms with E-state index in [1.54, 1.807) is 17.0 Å². The van der Waals surface area contributed by atoms with Crippen LogP contribution >= 0.6 is 0 Å². The molecule has 1 aromatic heterocycles. The lowest BCUT2D eigenvalue weighted by Crippen LogP contribution is -2.45. The second kappa shape index (κ2) is 7.68. The third kappa shape index (κ3) is 4.11. The lowest BCUT2D eigenvalue weighted by molar-refractivity contribution is -0.120. The van der Waals surface area contributed by atoms with Gasteiger partial charge in [-0.15, -0.1) is 0 Å². The van der Waals surface area contributed by atoms with Gasteiger partial charge in [0.15, 0.2) is 5.82 Å². The number of primary sulfonamides is 1. The number of piperidine rings is 1. The van der Waals surface area contributed by atoms with E-state index >= 15 is 0 Å². The molecule has 1 aliphatic carbocycles. The largest absolute Gasteiger partial charge is 0.308 e. The monoisotopic (exact) mass is 444 g/mol. The molecule has 9 nitrogen and oxygen atoms in total. The van der Waals surface area contributed by atoms with Crippen molar-refractivity contribution in [2.24, 2.45) is 5.14 Å². The number of likely N-dealkylation sites (tertiary alicyclic amines) is 1. The van der Waals surface area contributed by atoms with Crippen LogP contribution in [-0.4, -0.2) is 60.1 Å². The number of sulfonamides is 1. The summed E-state index contributed by atoms with van der Waals surface area (Å²) < 4.78 is 23.3. The molecule has 3 heterocycles. The maximum Gasteiger partial charge on any atom is 0.241 e. The Morgan fingerprint density at radius 1 is 1.19 bits per heavy atom. The van der Waals surface area contributed by atoms with Gasteiger partial charge in [-0.2, -0.15) is 5.10 Å². The van der Waals surface area contributed by atoms with Crippen LogP contribution < -0.4 is 10.0 Å². The van der Waals surface area contributed by atoms with Gasteiger partial charge in [0.1, 0.15) is 5.82 Å². The Labute approximate surface area is 182 Å². The van der Waals surface area contributed by atoms with E-state index < -0.39 is 10.0 Å². The normalized spacial score (nSPS) is 22.6. The molecule has 10 heteroatoms. The average molecular weight is 445 g/mol. The van der Waals surface area contributed by atoms with Crippen molar-refractivity contribution in [2.75, 3.05) is 24.5 Å². The van der Waals surface area contributed by atoms with Crippen LogP contribution in [0.4, 0.5) is 5.69 Å². The zero-order valence-corrected chi connectivity index (χ0v) is 18.4. The molecule has 3 aliphatic rings. The smallest absolute Gasteiger partial charge is 0.241 e. The Morgan fingerprint density at radius 2 is 1.94 bits per heavy atom. The molecule has 1 amide bonds. The molecule has 0 spiro atoms. The summed E-state index contributed by atoms with van der Waals surface area (Å²) in [4.78, 5) is 21.9. The summed E-state index contributed by atoms with van der Waals surface area (Å²) in [5, 5.41) is 12.7. The molecule has 3 N–H and O–H groups in total. The van der Waals surface area contributed by atoms with Gasteiger partial charge in [0.05, 0.1) is 11.4 Å². The third-order valence-corrected chi connectivity index (χ3v) is 7.57. The van der Waals surface area contributed by atoms with Gasteiger partial charge in [0, 0.05) is 23.6 Å². The summed E-state index contributed by atoms with van der Waals surface area (Å²) in [5.74, 6) is 2.91. The van der Waals surface area contributed by atoms with Crippen LogP contribution in [-0.2, 0) is 21.2 Å². The highest BCUT2D eigenvalue weighted by molar-refractivity contribution is 7.89. The zero-order chi connectivity index (χ0) is 21.8. The number of hydrogen-bond donors (Lipinski definition) is 2. The van der Waals surface area contributed by atoms with E-state index in [1.807, 2.05) is 6.92 Å². The SMILES string of the molecule is C[C@H]1Cc2cc(S(N)(=O)=O)ccc2N1C(=O)CN1CCC(c2nc(C3CC3)n[nH]2)CC1. The molecule has 0 bridgehead atoms. The molecule has 2 aromatic rings. The van der Waals surface area contributed by atoms with E-state index in [4.69, 9.17) is 10.1 Å². The number of fused-ring (bicyclic) bond motifs is 1. The van der Waals surface area contributed by atoms with Crippen molar-refractivity contribution in [3.8, 4) is 0 Å². The Kier molecular flexibility index (Phi) is 5.10. The van der Waals surface area contributed by atoms with Gasteiger partial charge in [0.2, 0.25) is 15.9 Å². The number of anilines is 1. The van der Waals surface area contributed by atoms with Gasteiger partial charge in [-0.1, -0.05) is 0 Å². The van der Waals surface area contributed by atoms with Crippen molar-refractivity contribution in [2.45, 2.75) is 61.8 Å². The fourth-order valence-electron chi connectivity index (χ4n) is 4.79. The Morgan fingerprint density at radius 3 is 2.61 bits per heavy atom. The first-order valence-corrected chi connectivity index (χ1v) is 12.5. The predicted octanol–water partition coefficient (Wildman–Crippen LogP) is 1.49. The third-order valence-electron chi connectivity index (χ3n) is 6.66. The average Bonchev–Trinajstić information content (AvgIpc) is 3.35. The molecule has 5 rings (SSSR count). The number of carbonyl (C=O) groups is 1. The van der Waals surface area contributed by atoms with E-state index in [0.29, 0.717) is 24.8 Å². The van der Waals surface area contributed by atoms with Gasteiger partial charge in [0.25, 0.3) is 0 Å². The summed E-state index contributed by atoms with van der Waals surface area (Å²) in [6.45, 7) is 4.03. The van der Waals surface area contributed by atoms with Crippen LogP contribution in [0.2, 0.25) is 0 Å². The van der Waals surface area contributed by atoms with Crippen molar-refractivity contribution in [3.63, 3.8) is 0 Å². The van der Waals surface area contributed by atoms with Gasteiger partial charge in [-0.25, -0.2) is 18.5 Å². The predicted molar refractivity (Wildman–Crippen MR) is 115 cm³/mol.